The van der Waals surface area contributed by atoms with Gasteiger partial charge in [0.25, 0.3) is 5.91 Å². The summed E-state index contributed by atoms with van der Waals surface area (Å²) in [6, 6.07) is 4.65. The first-order chi connectivity index (χ1) is 8.58. The van der Waals surface area contributed by atoms with Crippen LogP contribution in [-0.2, 0) is 0 Å². The van der Waals surface area contributed by atoms with Crippen LogP contribution in [-0.4, -0.2) is 16.1 Å². The van der Waals surface area contributed by atoms with Crippen LogP contribution in [0.2, 0.25) is 5.02 Å². The van der Waals surface area contributed by atoms with Crippen molar-refractivity contribution in [3.05, 3.63) is 46.7 Å². The number of aromatic amines is 1. The van der Waals surface area contributed by atoms with Gasteiger partial charge in [0.05, 0.1) is 22.8 Å². The number of halogens is 1. The van der Waals surface area contributed by atoms with Gasteiger partial charge in [0.15, 0.2) is 0 Å². The lowest BCUT2D eigenvalue weighted by molar-refractivity contribution is 0.0940. The first kappa shape index (κ1) is 12.4. The van der Waals surface area contributed by atoms with Gasteiger partial charge in [-0.05, 0) is 25.1 Å². The van der Waals surface area contributed by atoms with Crippen LogP contribution in [0.15, 0.2) is 30.6 Å². The van der Waals surface area contributed by atoms with E-state index in [9.17, 15) is 4.79 Å². The van der Waals surface area contributed by atoms with E-state index in [4.69, 9.17) is 17.3 Å². The van der Waals surface area contributed by atoms with Gasteiger partial charge < -0.3 is 11.1 Å². The summed E-state index contributed by atoms with van der Waals surface area (Å²) in [5.41, 5.74) is 7.40. The number of amides is 1. The van der Waals surface area contributed by atoms with Crippen molar-refractivity contribution in [3.8, 4) is 0 Å². The minimum atomic E-state index is -0.263. The Hall–Kier alpha value is -2.01. The summed E-state index contributed by atoms with van der Waals surface area (Å²) < 4.78 is 0. The molecule has 0 aliphatic rings. The SMILES string of the molecule is CC(NC(=O)c1cc(N)ccc1Cl)c1cn[nH]c1. The Balaban J connectivity index is 2.15. The summed E-state index contributed by atoms with van der Waals surface area (Å²) in [4.78, 5) is 12.0. The normalized spacial score (nSPS) is 12.1. The second-order valence-corrected chi connectivity index (χ2v) is 4.37. The fraction of sp³-hybridized carbons (Fsp3) is 0.167. The molecule has 4 N–H and O–H groups in total. The molecule has 0 aliphatic carbocycles. The number of nitrogens with zero attached hydrogens (tertiary/aromatic N) is 1. The largest absolute Gasteiger partial charge is 0.399 e. The van der Waals surface area contributed by atoms with Crippen molar-refractivity contribution in [2.45, 2.75) is 13.0 Å². The average molecular weight is 265 g/mol. The highest BCUT2D eigenvalue weighted by Gasteiger charge is 2.14. The van der Waals surface area contributed by atoms with Gasteiger partial charge in [0, 0.05) is 17.4 Å². The number of nitrogen functional groups attached to an aromatic ring is 1. The van der Waals surface area contributed by atoms with Crippen LogP contribution in [0.4, 0.5) is 5.69 Å². The molecule has 1 unspecified atom stereocenters. The lowest BCUT2D eigenvalue weighted by Gasteiger charge is -2.13. The number of benzene rings is 1. The number of anilines is 1. The predicted octanol–water partition coefficient (Wildman–Crippen LogP) is 2.14. The molecule has 1 aromatic heterocycles. The van der Waals surface area contributed by atoms with Crippen LogP contribution in [0, 0.1) is 0 Å². The van der Waals surface area contributed by atoms with Gasteiger partial charge in [-0.25, -0.2) is 0 Å². The Morgan fingerprint density at radius 3 is 3.00 bits per heavy atom. The van der Waals surface area contributed by atoms with Crippen molar-refractivity contribution in [2.75, 3.05) is 5.73 Å². The Bertz CT molecular complexity index is 553. The van der Waals surface area contributed by atoms with E-state index in [2.05, 4.69) is 15.5 Å². The second-order valence-electron chi connectivity index (χ2n) is 3.97. The number of carbonyl (C=O) groups excluding carboxylic acids is 1. The molecule has 1 atom stereocenters. The van der Waals surface area contributed by atoms with Gasteiger partial charge in [0.2, 0.25) is 0 Å². The number of nitrogens with two attached hydrogens (primary N) is 1. The Morgan fingerprint density at radius 2 is 2.33 bits per heavy atom. The maximum Gasteiger partial charge on any atom is 0.253 e. The van der Waals surface area contributed by atoms with Gasteiger partial charge in [-0.3, -0.25) is 9.89 Å². The minimum Gasteiger partial charge on any atom is -0.399 e. The van der Waals surface area contributed by atoms with E-state index < -0.39 is 0 Å². The maximum atomic E-state index is 12.0. The highest BCUT2D eigenvalue weighted by atomic mass is 35.5. The fourth-order valence-electron chi connectivity index (χ4n) is 1.57. The zero-order valence-electron chi connectivity index (χ0n) is 9.77. The monoisotopic (exact) mass is 264 g/mol. The molecule has 5 nitrogen and oxygen atoms in total. The van der Waals surface area contributed by atoms with E-state index in [-0.39, 0.29) is 11.9 Å². The van der Waals surface area contributed by atoms with E-state index in [0.29, 0.717) is 16.3 Å². The van der Waals surface area contributed by atoms with Gasteiger partial charge >= 0.3 is 0 Å². The van der Waals surface area contributed by atoms with Gasteiger partial charge in [0.1, 0.15) is 0 Å². The van der Waals surface area contributed by atoms with Crippen molar-refractivity contribution >= 4 is 23.2 Å². The third-order valence-electron chi connectivity index (χ3n) is 2.60. The third-order valence-corrected chi connectivity index (χ3v) is 2.93. The molecule has 0 fully saturated rings. The number of H-pyrrole nitrogens is 1. The molecule has 2 aromatic rings. The molecule has 0 spiro atoms. The van der Waals surface area contributed by atoms with Crippen LogP contribution >= 0.6 is 11.6 Å². The quantitative estimate of drug-likeness (QED) is 0.743. The van der Waals surface area contributed by atoms with E-state index in [0.717, 1.165) is 5.56 Å². The van der Waals surface area contributed by atoms with Crippen molar-refractivity contribution in [2.24, 2.45) is 0 Å². The van der Waals surface area contributed by atoms with Crippen molar-refractivity contribution in [1.82, 2.24) is 15.5 Å². The zero-order chi connectivity index (χ0) is 13.1. The highest BCUT2D eigenvalue weighted by molar-refractivity contribution is 6.34. The molecule has 0 aliphatic heterocycles. The van der Waals surface area contributed by atoms with Gasteiger partial charge in [-0.2, -0.15) is 5.10 Å². The standard InChI is InChI=1S/C12H13ClN4O/c1-7(8-5-15-16-6-8)17-12(18)10-4-9(14)2-3-11(10)13/h2-7H,14H2,1H3,(H,15,16)(H,17,18). The molecular formula is C12H13ClN4O. The van der Waals surface area contributed by atoms with E-state index in [1.165, 1.54) is 0 Å². The number of rotatable bonds is 3. The number of hydrogen-bond acceptors (Lipinski definition) is 3. The smallest absolute Gasteiger partial charge is 0.253 e. The first-order valence-electron chi connectivity index (χ1n) is 5.42. The van der Waals surface area contributed by atoms with Gasteiger partial charge in [-0.1, -0.05) is 11.6 Å². The van der Waals surface area contributed by atoms with Crippen LogP contribution in [0.25, 0.3) is 0 Å². The molecule has 1 heterocycles. The number of aromatic nitrogens is 2. The molecule has 0 bridgehead atoms. The van der Waals surface area contributed by atoms with E-state index in [1.54, 1.807) is 30.6 Å². The lowest BCUT2D eigenvalue weighted by atomic mass is 10.1. The van der Waals surface area contributed by atoms with Gasteiger partial charge in [-0.15, -0.1) is 0 Å². The molecule has 1 aromatic carbocycles. The van der Waals surface area contributed by atoms with E-state index >= 15 is 0 Å². The molecule has 18 heavy (non-hydrogen) atoms. The first-order valence-corrected chi connectivity index (χ1v) is 5.80. The molecule has 2 rings (SSSR count). The Labute approximate surface area is 109 Å². The summed E-state index contributed by atoms with van der Waals surface area (Å²) in [6.45, 7) is 1.86. The predicted molar refractivity (Wildman–Crippen MR) is 70.3 cm³/mol. The van der Waals surface area contributed by atoms with Crippen LogP contribution in [0.1, 0.15) is 28.9 Å². The minimum absolute atomic E-state index is 0.159. The number of carbonyl (C=O) groups is 1. The molecule has 0 saturated carbocycles. The van der Waals surface area contributed by atoms with E-state index in [1.807, 2.05) is 6.92 Å². The van der Waals surface area contributed by atoms with Crippen LogP contribution in [0.3, 0.4) is 0 Å². The highest BCUT2D eigenvalue weighted by Crippen LogP contribution is 2.20. The zero-order valence-corrected chi connectivity index (χ0v) is 10.5. The summed E-state index contributed by atoms with van der Waals surface area (Å²) in [7, 11) is 0. The second kappa shape index (κ2) is 5.10. The fourth-order valence-corrected chi connectivity index (χ4v) is 1.78. The van der Waals surface area contributed by atoms with Crippen molar-refractivity contribution in [3.63, 3.8) is 0 Å². The molecule has 1 amide bonds. The summed E-state index contributed by atoms with van der Waals surface area (Å²) in [6.07, 6.45) is 3.39. The summed E-state index contributed by atoms with van der Waals surface area (Å²) in [5.74, 6) is -0.263. The van der Waals surface area contributed by atoms with Crippen molar-refractivity contribution < 1.29 is 4.79 Å². The molecule has 94 valence electrons. The Kier molecular flexibility index (Phi) is 3.53. The maximum absolute atomic E-state index is 12.0. The summed E-state index contributed by atoms with van der Waals surface area (Å²) in [5, 5.41) is 9.73. The Morgan fingerprint density at radius 1 is 1.56 bits per heavy atom. The molecule has 0 saturated heterocycles. The van der Waals surface area contributed by atoms with Crippen LogP contribution < -0.4 is 11.1 Å². The number of nitrogens with one attached hydrogen (secondary N) is 2. The number of hydrogen-bond donors (Lipinski definition) is 3. The molecular weight excluding hydrogens is 252 g/mol. The van der Waals surface area contributed by atoms with Crippen molar-refractivity contribution in [1.29, 1.82) is 0 Å². The third kappa shape index (κ3) is 2.62. The lowest BCUT2D eigenvalue weighted by Crippen LogP contribution is -2.26. The van der Waals surface area contributed by atoms with Crippen LogP contribution in [0.5, 0.6) is 0 Å². The summed E-state index contributed by atoms with van der Waals surface area (Å²) >= 11 is 5.96. The molecule has 0 radical (unpaired) electrons. The average Bonchev–Trinajstić information content (AvgIpc) is 2.85. The topological polar surface area (TPSA) is 83.8 Å². The molecule has 6 heteroatoms.